The van der Waals surface area contributed by atoms with Gasteiger partial charge in [-0.15, -0.1) is 0 Å². The van der Waals surface area contributed by atoms with Crippen LogP contribution in [0, 0.1) is 0 Å². The molecular weight excluding hydrogens is 914 g/mol. The first-order chi connectivity index (χ1) is 32.8. The summed E-state index contributed by atoms with van der Waals surface area (Å²) in [5.41, 5.74) is 0. The molecule has 0 aliphatic rings. The molecule has 0 heterocycles. The number of carbonyl (C=O) groups excluding carboxylic acids is 2. The number of carbonyl (C=O) groups is 2. The summed E-state index contributed by atoms with van der Waals surface area (Å²) >= 11 is 0. The van der Waals surface area contributed by atoms with Crippen molar-refractivity contribution in [2.45, 2.75) is 173 Å². The molecule has 0 aliphatic carbocycles. The van der Waals surface area contributed by atoms with Crippen molar-refractivity contribution in [3.05, 3.63) is 97.2 Å². The molecule has 0 radical (unpaired) electrons. The van der Waals surface area contributed by atoms with Crippen LogP contribution in [-0.4, -0.2) is 95.0 Å². The molecule has 0 saturated heterocycles. The molecule has 0 aromatic carbocycles. The molecule has 0 aliphatic heterocycles. The number of hydrogen-bond acceptors (Lipinski definition) is 13. The maximum atomic E-state index is 12.2. The van der Waals surface area contributed by atoms with Crippen molar-refractivity contribution in [3.63, 3.8) is 0 Å². The minimum atomic E-state index is -4.81. The number of phosphoric ester groups is 2. The average molecular weight is 1000 g/mol. The Hall–Kier alpha value is -3.04. The monoisotopic (exact) mass is 1000 g/mol. The third kappa shape index (κ3) is 48.0. The Morgan fingerprint density at radius 2 is 0.691 bits per heavy atom. The van der Waals surface area contributed by atoms with Gasteiger partial charge in [-0.25, -0.2) is 9.13 Å². The van der Waals surface area contributed by atoms with Crippen LogP contribution in [0.2, 0.25) is 0 Å². The summed E-state index contributed by atoms with van der Waals surface area (Å²) in [7, 11) is -9.61. The Morgan fingerprint density at radius 3 is 1.07 bits per heavy atom. The van der Waals surface area contributed by atoms with Crippen molar-refractivity contribution in [3.8, 4) is 0 Å². The molecule has 0 rings (SSSR count). The number of hydrogen-bond donors (Lipinski definition) is 5. The van der Waals surface area contributed by atoms with Gasteiger partial charge >= 0.3 is 27.6 Å². The number of unbranched alkanes of at least 4 members (excludes halogenated alkanes) is 10. The lowest BCUT2D eigenvalue weighted by molar-refractivity contribution is -0.148. The highest BCUT2D eigenvalue weighted by molar-refractivity contribution is 7.47. The summed E-state index contributed by atoms with van der Waals surface area (Å²) in [6.45, 7) is 0.172. The molecule has 5 unspecified atom stereocenters. The number of rotatable bonds is 46. The van der Waals surface area contributed by atoms with Gasteiger partial charge in [0.1, 0.15) is 31.5 Å². The van der Waals surface area contributed by atoms with Gasteiger partial charge in [-0.2, -0.15) is 0 Å². The molecule has 0 aromatic heterocycles. The Labute approximate surface area is 408 Å². The van der Waals surface area contributed by atoms with Gasteiger partial charge in [0, 0.05) is 12.8 Å². The SMILES string of the molecule is CC/C=C\C/C=C\C/C=C\C/C=C\C/C=C\CCCC(=O)OCC(O)COP(=O)(O)OCC(O)COP(=O)(O)OCC(O)COC(=O)CCCCCCCC/C=C\C/C=C\C/C=C\CCCCC. The first kappa shape index (κ1) is 65.0. The van der Waals surface area contributed by atoms with E-state index in [1.165, 1.54) is 25.7 Å². The van der Waals surface area contributed by atoms with Crippen molar-refractivity contribution in [2.24, 2.45) is 0 Å². The first-order valence-corrected chi connectivity index (χ1v) is 27.6. The van der Waals surface area contributed by atoms with Gasteiger partial charge in [0.2, 0.25) is 0 Å². The number of allylic oxidation sites excluding steroid dienone is 16. The molecule has 0 amide bonds. The molecule has 0 saturated carbocycles. The van der Waals surface area contributed by atoms with Crippen LogP contribution in [-0.2, 0) is 46.3 Å². The van der Waals surface area contributed by atoms with E-state index in [9.17, 15) is 43.8 Å². The summed E-state index contributed by atoms with van der Waals surface area (Å²) in [5.74, 6) is -1.07. The van der Waals surface area contributed by atoms with E-state index in [-0.39, 0.29) is 12.8 Å². The van der Waals surface area contributed by atoms with Crippen LogP contribution in [0.3, 0.4) is 0 Å². The van der Waals surface area contributed by atoms with Gasteiger partial charge in [0.15, 0.2) is 0 Å². The second-order valence-corrected chi connectivity index (χ2v) is 19.0. The first-order valence-electron chi connectivity index (χ1n) is 24.6. The van der Waals surface area contributed by atoms with Crippen molar-refractivity contribution >= 4 is 27.6 Å². The van der Waals surface area contributed by atoms with Crippen molar-refractivity contribution < 1.29 is 71.4 Å². The van der Waals surface area contributed by atoms with E-state index < -0.39 is 85.5 Å². The van der Waals surface area contributed by atoms with Crippen LogP contribution in [0.5, 0.6) is 0 Å². The minimum Gasteiger partial charge on any atom is -0.463 e. The highest BCUT2D eigenvalue weighted by Crippen LogP contribution is 2.45. The van der Waals surface area contributed by atoms with E-state index in [0.29, 0.717) is 19.3 Å². The number of ether oxygens (including phenoxy) is 2. The van der Waals surface area contributed by atoms with E-state index in [2.05, 4.69) is 117 Å². The summed E-state index contributed by atoms with van der Waals surface area (Å²) in [5, 5.41) is 30.0. The lowest BCUT2D eigenvalue weighted by Gasteiger charge is -2.19. The smallest absolute Gasteiger partial charge is 0.463 e. The zero-order chi connectivity index (χ0) is 50.2. The van der Waals surface area contributed by atoms with E-state index in [4.69, 9.17) is 9.47 Å². The molecule has 0 fully saturated rings. The minimum absolute atomic E-state index is 0.113. The molecule has 68 heavy (non-hydrogen) atoms. The fourth-order valence-corrected chi connectivity index (χ4v) is 7.31. The summed E-state index contributed by atoms with van der Waals surface area (Å²) < 4.78 is 53.0. The van der Waals surface area contributed by atoms with Crippen LogP contribution < -0.4 is 0 Å². The Kier molecular flexibility index (Phi) is 44.3. The predicted octanol–water partition coefficient (Wildman–Crippen LogP) is 11.5. The van der Waals surface area contributed by atoms with E-state index >= 15 is 0 Å². The number of phosphoric acid groups is 2. The quantitative estimate of drug-likeness (QED) is 0.0165. The molecule has 0 aromatic rings. The van der Waals surface area contributed by atoms with Gasteiger partial charge < -0.3 is 34.6 Å². The van der Waals surface area contributed by atoms with Crippen molar-refractivity contribution in [1.82, 2.24) is 0 Å². The Bertz CT molecular complexity index is 1590. The van der Waals surface area contributed by atoms with Crippen molar-refractivity contribution in [1.29, 1.82) is 0 Å². The number of aliphatic hydroxyl groups is 3. The fraction of sp³-hybridized carbons (Fsp3) is 0.647. The lowest BCUT2D eigenvalue weighted by atomic mass is 10.1. The Morgan fingerprint density at radius 1 is 0.397 bits per heavy atom. The van der Waals surface area contributed by atoms with Crippen LogP contribution in [0.4, 0.5) is 0 Å². The van der Waals surface area contributed by atoms with E-state index in [0.717, 1.165) is 83.5 Å². The van der Waals surface area contributed by atoms with Gasteiger partial charge in [-0.3, -0.25) is 27.7 Å². The normalized spacial score (nSPS) is 15.8. The third-order valence-corrected chi connectivity index (χ3v) is 11.4. The third-order valence-electron chi connectivity index (χ3n) is 9.52. The van der Waals surface area contributed by atoms with Crippen molar-refractivity contribution in [2.75, 3.05) is 39.6 Å². The second-order valence-electron chi connectivity index (χ2n) is 16.1. The van der Waals surface area contributed by atoms with Crippen LogP contribution in [0.1, 0.15) is 155 Å². The lowest BCUT2D eigenvalue weighted by Crippen LogP contribution is -2.25. The summed E-state index contributed by atoms with van der Waals surface area (Å²) in [4.78, 5) is 43.8. The largest absolute Gasteiger partial charge is 0.472 e. The second kappa shape index (κ2) is 46.3. The predicted molar refractivity (Wildman–Crippen MR) is 269 cm³/mol. The molecular formula is C51H86O15P2. The van der Waals surface area contributed by atoms with Gasteiger partial charge in [-0.05, 0) is 89.9 Å². The van der Waals surface area contributed by atoms with Crippen LogP contribution in [0.15, 0.2) is 97.2 Å². The molecule has 0 spiro atoms. The van der Waals surface area contributed by atoms with Gasteiger partial charge in [-0.1, -0.05) is 150 Å². The summed E-state index contributed by atoms with van der Waals surface area (Å²) in [6, 6.07) is 0. The fourth-order valence-electron chi connectivity index (χ4n) is 5.72. The number of esters is 2. The zero-order valence-electron chi connectivity index (χ0n) is 41.0. The van der Waals surface area contributed by atoms with E-state index in [1.54, 1.807) is 0 Å². The maximum absolute atomic E-state index is 12.2. The molecule has 5 N–H and O–H groups in total. The molecule has 5 atom stereocenters. The standard InChI is InChI=1S/C51H86O15P2/c1-3-5-7-9-11-13-15-17-19-21-22-24-26-28-30-32-34-36-38-40-51(56)62-42-48(53)44-64-68(59,60)66-46-49(54)45-65-67(57,58)63-43-47(52)41-61-50(55)39-37-35-33-31-29-27-25-23-20-18-16-14-12-10-8-6-4-2/h6,8,11-14,17-20,22,24-25,27,31,33,47-49,52-54H,3-5,7,9-10,15-16,21,23,26,28-30,32,34-46H2,1-2H3,(H,57,58)(H,59,60)/b8-6-,13-11-,14-12-,19-17-,20-18-,24-22-,27-25-,33-31-. The average Bonchev–Trinajstić information content (AvgIpc) is 3.31. The molecule has 17 heteroatoms. The molecule has 0 bridgehead atoms. The number of aliphatic hydroxyl groups excluding tert-OH is 3. The Balaban J connectivity index is 3.96. The molecule has 15 nitrogen and oxygen atoms in total. The zero-order valence-corrected chi connectivity index (χ0v) is 42.8. The highest BCUT2D eigenvalue weighted by Gasteiger charge is 2.28. The molecule has 390 valence electrons. The summed E-state index contributed by atoms with van der Waals surface area (Å²) in [6.07, 6.45) is 49.7. The van der Waals surface area contributed by atoms with Crippen LogP contribution >= 0.6 is 15.6 Å². The van der Waals surface area contributed by atoms with Gasteiger partial charge in [0.05, 0.1) is 26.4 Å². The highest BCUT2D eigenvalue weighted by atomic mass is 31.2. The van der Waals surface area contributed by atoms with Crippen LogP contribution in [0.25, 0.3) is 0 Å². The maximum Gasteiger partial charge on any atom is 0.472 e. The topological polar surface area (TPSA) is 225 Å². The van der Waals surface area contributed by atoms with E-state index in [1.807, 2.05) is 12.2 Å². The van der Waals surface area contributed by atoms with Gasteiger partial charge in [0.25, 0.3) is 0 Å².